The molecule has 0 unspecified atom stereocenters. The first-order valence-electron chi connectivity index (χ1n) is 7.57. The Morgan fingerprint density at radius 3 is 2.80 bits per heavy atom. The molecule has 1 heterocycles. The zero-order valence-corrected chi connectivity index (χ0v) is 12.4. The van der Waals surface area contributed by atoms with Crippen molar-refractivity contribution >= 4 is 5.91 Å². The molecular formula is C15H25N3O2. The van der Waals surface area contributed by atoms with Gasteiger partial charge in [0.05, 0.1) is 18.7 Å². The van der Waals surface area contributed by atoms with Crippen LogP contribution in [0.2, 0.25) is 0 Å². The molecule has 2 N–H and O–H groups in total. The Kier molecular flexibility index (Phi) is 5.17. The third-order valence-electron chi connectivity index (χ3n) is 3.85. The molecule has 20 heavy (non-hydrogen) atoms. The van der Waals surface area contributed by atoms with Crippen molar-refractivity contribution in [3.05, 3.63) is 18.0 Å². The smallest absolute Gasteiger partial charge is 0.272 e. The van der Waals surface area contributed by atoms with E-state index in [4.69, 9.17) is 0 Å². The van der Waals surface area contributed by atoms with Gasteiger partial charge in [-0.1, -0.05) is 26.7 Å². The summed E-state index contributed by atoms with van der Waals surface area (Å²) in [5.74, 6) is 0.241. The highest BCUT2D eigenvalue weighted by Crippen LogP contribution is 2.28. The van der Waals surface area contributed by atoms with Crippen molar-refractivity contribution in [2.75, 3.05) is 6.61 Å². The number of carbonyl (C=O) groups is 1. The highest BCUT2D eigenvalue weighted by atomic mass is 16.3. The molecule has 1 aromatic heterocycles. The van der Waals surface area contributed by atoms with Crippen LogP contribution in [0.4, 0.5) is 0 Å². The molecule has 0 aromatic carbocycles. The summed E-state index contributed by atoms with van der Waals surface area (Å²) in [7, 11) is 0. The van der Waals surface area contributed by atoms with Gasteiger partial charge in [-0.05, 0) is 31.2 Å². The molecule has 1 saturated carbocycles. The monoisotopic (exact) mass is 279 g/mol. The number of carbonyl (C=O) groups excluding carboxylic acids is 1. The molecule has 1 aliphatic rings. The van der Waals surface area contributed by atoms with E-state index in [1.54, 1.807) is 6.07 Å². The van der Waals surface area contributed by atoms with Gasteiger partial charge in [-0.15, -0.1) is 0 Å². The Balaban J connectivity index is 1.94. The zero-order chi connectivity index (χ0) is 14.5. The van der Waals surface area contributed by atoms with E-state index in [0.29, 0.717) is 17.7 Å². The maximum atomic E-state index is 12.1. The van der Waals surface area contributed by atoms with E-state index < -0.39 is 0 Å². The summed E-state index contributed by atoms with van der Waals surface area (Å²) >= 11 is 0. The second kappa shape index (κ2) is 6.88. The molecule has 2 rings (SSSR count). The first-order chi connectivity index (χ1) is 9.60. The summed E-state index contributed by atoms with van der Waals surface area (Å²) in [6, 6.07) is 2.01. The summed E-state index contributed by atoms with van der Waals surface area (Å²) in [4.78, 5) is 12.1. The molecule has 0 saturated heterocycles. The minimum Gasteiger partial charge on any atom is -0.394 e. The number of aliphatic hydroxyl groups is 1. The van der Waals surface area contributed by atoms with Crippen molar-refractivity contribution in [3.8, 4) is 0 Å². The fourth-order valence-electron chi connectivity index (χ4n) is 2.84. The molecule has 0 bridgehead atoms. The van der Waals surface area contributed by atoms with Gasteiger partial charge in [-0.25, -0.2) is 0 Å². The molecule has 0 radical (unpaired) electrons. The average molecular weight is 279 g/mol. The number of nitrogens with zero attached hydrogens (tertiary/aromatic N) is 2. The van der Waals surface area contributed by atoms with Crippen LogP contribution in [-0.2, 0) is 0 Å². The van der Waals surface area contributed by atoms with Gasteiger partial charge in [0.25, 0.3) is 5.91 Å². The Hall–Kier alpha value is -1.36. The molecule has 1 fully saturated rings. The minimum absolute atomic E-state index is 0.0345. The van der Waals surface area contributed by atoms with E-state index in [1.807, 2.05) is 10.9 Å². The van der Waals surface area contributed by atoms with Crippen LogP contribution in [0.25, 0.3) is 0 Å². The fourth-order valence-corrected chi connectivity index (χ4v) is 2.84. The van der Waals surface area contributed by atoms with Gasteiger partial charge in [0.15, 0.2) is 0 Å². The molecule has 112 valence electrons. The van der Waals surface area contributed by atoms with E-state index in [-0.39, 0.29) is 18.6 Å². The Morgan fingerprint density at radius 1 is 1.50 bits per heavy atom. The van der Waals surface area contributed by atoms with E-state index >= 15 is 0 Å². The third-order valence-corrected chi connectivity index (χ3v) is 3.85. The zero-order valence-electron chi connectivity index (χ0n) is 12.4. The third kappa shape index (κ3) is 3.82. The van der Waals surface area contributed by atoms with Crippen molar-refractivity contribution in [2.24, 2.45) is 5.92 Å². The Morgan fingerprint density at radius 2 is 2.20 bits per heavy atom. The Labute approximate surface area is 120 Å². The van der Waals surface area contributed by atoms with Crippen molar-refractivity contribution in [3.63, 3.8) is 0 Å². The molecule has 5 nitrogen and oxygen atoms in total. The predicted octanol–water partition coefficient (Wildman–Crippen LogP) is 2.13. The van der Waals surface area contributed by atoms with Crippen LogP contribution >= 0.6 is 0 Å². The number of nitrogens with one attached hydrogen (secondary N) is 1. The van der Waals surface area contributed by atoms with Gasteiger partial charge in [-0.3, -0.25) is 9.48 Å². The van der Waals surface area contributed by atoms with Crippen molar-refractivity contribution in [1.29, 1.82) is 0 Å². The van der Waals surface area contributed by atoms with Gasteiger partial charge >= 0.3 is 0 Å². The summed E-state index contributed by atoms with van der Waals surface area (Å²) in [5, 5.41) is 16.5. The highest BCUT2D eigenvalue weighted by Gasteiger charge is 2.20. The number of rotatable bonds is 6. The average Bonchev–Trinajstić information content (AvgIpc) is 3.07. The SMILES string of the molecule is CC(C)C[C@H](CO)NC(=O)c1ccn(C2CCCC2)n1. The Bertz CT molecular complexity index is 436. The van der Waals surface area contributed by atoms with Crippen molar-refractivity contribution in [1.82, 2.24) is 15.1 Å². The van der Waals surface area contributed by atoms with Crippen molar-refractivity contribution in [2.45, 2.75) is 58.0 Å². The van der Waals surface area contributed by atoms with Crippen LogP contribution in [0.1, 0.15) is 62.5 Å². The minimum atomic E-state index is -0.195. The largest absolute Gasteiger partial charge is 0.394 e. The first-order valence-corrected chi connectivity index (χ1v) is 7.57. The normalized spacial score (nSPS) is 17.6. The molecular weight excluding hydrogens is 254 g/mol. The van der Waals surface area contributed by atoms with Crippen LogP contribution in [0.15, 0.2) is 12.3 Å². The summed E-state index contributed by atoms with van der Waals surface area (Å²) in [6.45, 7) is 4.11. The van der Waals surface area contributed by atoms with Crippen LogP contribution in [0.5, 0.6) is 0 Å². The summed E-state index contributed by atoms with van der Waals surface area (Å²) < 4.78 is 1.91. The second-order valence-electron chi connectivity index (χ2n) is 6.10. The lowest BCUT2D eigenvalue weighted by molar-refractivity contribution is 0.0902. The number of amides is 1. The highest BCUT2D eigenvalue weighted by molar-refractivity contribution is 5.92. The van der Waals surface area contributed by atoms with Crippen LogP contribution in [-0.4, -0.2) is 33.4 Å². The van der Waals surface area contributed by atoms with Gasteiger partial charge in [-0.2, -0.15) is 5.10 Å². The predicted molar refractivity (Wildman–Crippen MR) is 77.5 cm³/mol. The molecule has 5 heteroatoms. The molecule has 0 spiro atoms. The lowest BCUT2D eigenvalue weighted by Gasteiger charge is -2.17. The molecule has 1 amide bonds. The van der Waals surface area contributed by atoms with E-state index in [2.05, 4.69) is 24.3 Å². The van der Waals surface area contributed by atoms with Gasteiger partial charge in [0.1, 0.15) is 5.69 Å². The first kappa shape index (κ1) is 15.0. The van der Waals surface area contributed by atoms with Crippen LogP contribution in [0, 0.1) is 5.92 Å². The summed E-state index contributed by atoms with van der Waals surface area (Å²) in [5.41, 5.74) is 0.444. The van der Waals surface area contributed by atoms with E-state index in [0.717, 1.165) is 19.3 Å². The number of hydrogen-bond acceptors (Lipinski definition) is 3. The fraction of sp³-hybridized carbons (Fsp3) is 0.733. The molecule has 1 aromatic rings. The quantitative estimate of drug-likeness (QED) is 0.838. The van der Waals surface area contributed by atoms with Gasteiger partial charge < -0.3 is 10.4 Å². The van der Waals surface area contributed by atoms with Crippen molar-refractivity contribution < 1.29 is 9.90 Å². The maximum absolute atomic E-state index is 12.1. The van der Waals surface area contributed by atoms with E-state index in [1.165, 1.54) is 12.8 Å². The van der Waals surface area contributed by atoms with Gasteiger partial charge in [0, 0.05) is 6.20 Å². The molecule has 0 aliphatic heterocycles. The topological polar surface area (TPSA) is 67.2 Å². The number of aliphatic hydroxyl groups excluding tert-OH is 1. The maximum Gasteiger partial charge on any atom is 0.272 e. The summed E-state index contributed by atoms with van der Waals surface area (Å²) in [6.07, 6.45) is 7.44. The number of aromatic nitrogens is 2. The lowest BCUT2D eigenvalue weighted by atomic mass is 10.0. The van der Waals surface area contributed by atoms with E-state index in [9.17, 15) is 9.90 Å². The second-order valence-corrected chi connectivity index (χ2v) is 6.10. The van der Waals surface area contributed by atoms with Gasteiger partial charge in [0.2, 0.25) is 0 Å². The van der Waals surface area contributed by atoms with Crippen LogP contribution in [0.3, 0.4) is 0 Å². The molecule has 1 atom stereocenters. The molecule has 1 aliphatic carbocycles. The van der Waals surface area contributed by atoms with Crippen LogP contribution < -0.4 is 5.32 Å². The lowest BCUT2D eigenvalue weighted by Crippen LogP contribution is -2.38. The number of hydrogen-bond donors (Lipinski definition) is 2. The standard InChI is InChI=1S/C15H25N3O2/c1-11(2)9-12(10-19)16-15(20)14-7-8-18(17-14)13-5-3-4-6-13/h7-8,11-13,19H,3-6,9-10H2,1-2H3,(H,16,20)/t12-/m1/s1.